The summed E-state index contributed by atoms with van der Waals surface area (Å²) in [5.41, 5.74) is 1.70. The van der Waals surface area contributed by atoms with Gasteiger partial charge in [-0.2, -0.15) is 13.2 Å². The highest BCUT2D eigenvalue weighted by Gasteiger charge is 2.33. The summed E-state index contributed by atoms with van der Waals surface area (Å²) < 4.78 is 54.3. The van der Waals surface area contributed by atoms with E-state index in [-0.39, 0.29) is 17.2 Å². The molecule has 33 heavy (non-hydrogen) atoms. The standard InChI is InChI=1S/C26H21F4N3/c1-33-13-12-19(18-7-6-16-4-2-3-5-17(16)14-18)20-8-9-21(25(27)22(20)15-33)23-10-11-24(32-31-23)26(28,29)30/h2-11,14,19H,12-13,15H2,1H3. The van der Waals surface area contributed by atoms with Crippen LogP contribution in [0, 0.1) is 5.82 Å². The molecule has 0 fully saturated rings. The first-order valence-electron chi connectivity index (χ1n) is 10.7. The van der Waals surface area contributed by atoms with Gasteiger partial charge in [0.15, 0.2) is 5.69 Å². The van der Waals surface area contributed by atoms with Crippen LogP contribution >= 0.6 is 0 Å². The van der Waals surface area contributed by atoms with Gasteiger partial charge < -0.3 is 4.90 Å². The van der Waals surface area contributed by atoms with Crippen molar-refractivity contribution in [3.8, 4) is 11.3 Å². The van der Waals surface area contributed by atoms with E-state index in [4.69, 9.17) is 0 Å². The van der Waals surface area contributed by atoms with Crippen LogP contribution in [-0.2, 0) is 12.7 Å². The Morgan fingerprint density at radius 1 is 0.909 bits per heavy atom. The summed E-state index contributed by atoms with van der Waals surface area (Å²) in [4.78, 5) is 2.06. The highest BCUT2D eigenvalue weighted by molar-refractivity contribution is 5.83. The number of alkyl halides is 3. The average Bonchev–Trinajstić information content (AvgIpc) is 2.97. The Kier molecular flexibility index (Phi) is 5.37. The van der Waals surface area contributed by atoms with Gasteiger partial charge in [-0.25, -0.2) is 4.39 Å². The molecule has 0 aliphatic carbocycles. The summed E-state index contributed by atoms with van der Waals surface area (Å²) in [5, 5.41) is 9.19. The molecule has 0 saturated carbocycles. The molecular formula is C26H21F4N3. The van der Waals surface area contributed by atoms with Crippen molar-refractivity contribution in [2.75, 3.05) is 13.6 Å². The Hall–Kier alpha value is -3.32. The van der Waals surface area contributed by atoms with Gasteiger partial charge in [0.25, 0.3) is 0 Å². The van der Waals surface area contributed by atoms with Crippen molar-refractivity contribution < 1.29 is 17.6 Å². The molecule has 7 heteroatoms. The maximum absolute atomic E-state index is 15.8. The van der Waals surface area contributed by atoms with Crippen LogP contribution in [0.15, 0.2) is 66.7 Å². The van der Waals surface area contributed by atoms with E-state index < -0.39 is 17.7 Å². The van der Waals surface area contributed by atoms with Gasteiger partial charge in [-0.1, -0.05) is 48.5 Å². The molecule has 5 rings (SSSR count). The molecule has 0 spiro atoms. The lowest BCUT2D eigenvalue weighted by Crippen LogP contribution is -2.18. The lowest BCUT2D eigenvalue weighted by Gasteiger charge is -2.20. The van der Waals surface area contributed by atoms with Crippen LogP contribution in [0.3, 0.4) is 0 Å². The number of hydrogen-bond acceptors (Lipinski definition) is 3. The molecule has 0 radical (unpaired) electrons. The summed E-state index contributed by atoms with van der Waals surface area (Å²) in [6, 6.07) is 19.9. The third kappa shape index (κ3) is 4.09. The van der Waals surface area contributed by atoms with Crippen molar-refractivity contribution in [3.05, 3.63) is 94.9 Å². The van der Waals surface area contributed by atoms with Crippen molar-refractivity contribution in [2.24, 2.45) is 0 Å². The van der Waals surface area contributed by atoms with Crippen LogP contribution in [0.25, 0.3) is 22.0 Å². The zero-order valence-corrected chi connectivity index (χ0v) is 17.9. The second-order valence-electron chi connectivity index (χ2n) is 8.48. The molecule has 1 unspecified atom stereocenters. The fraction of sp³-hybridized carbons (Fsp3) is 0.231. The number of nitrogens with zero attached hydrogens (tertiary/aromatic N) is 3. The molecule has 2 heterocycles. The fourth-order valence-electron chi connectivity index (χ4n) is 4.57. The van der Waals surface area contributed by atoms with E-state index in [1.807, 2.05) is 25.2 Å². The lowest BCUT2D eigenvalue weighted by atomic mass is 9.84. The third-order valence-corrected chi connectivity index (χ3v) is 6.29. The summed E-state index contributed by atoms with van der Waals surface area (Å²) in [5.74, 6) is -0.446. The molecular weight excluding hydrogens is 430 g/mol. The molecule has 1 aliphatic heterocycles. The molecule has 3 nitrogen and oxygen atoms in total. The van der Waals surface area contributed by atoms with E-state index in [1.165, 1.54) is 6.07 Å². The second-order valence-corrected chi connectivity index (χ2v) is 8.48. The molecule has 0 N–H and O–H groups in total. The Morgan fingerprint density at radius 3 is 2.42 bits per heavy atom. The maximum atomic E-state index is 15.8. The average molecular weight is 451 g/mol. The minimum absolute atomic E-state index is 0.0109. The smallest absolute Gasteiger partial charge is 0.302 e. The minimum Gasteiger partial charge on any atom is -0.302 e. The van der Waals surface area contributed by atoms with Gasteiger partial charge >= 0.3 is 6.18 Å². The summed E-state index contributed by atoms with van der Waals surface area (Å²) in [6.45, 7) is 1.20. The second kappa shape index (κ2) is 8.23. The zero-order chi connectivity index (χ0) is 23.2. The zero-order valence-electron chi connectivity index (χ0n) is 17.9. The highest BCUT2D eigenvalue weighted by atomic mass is 19.4. The quantitative estimate of drug-likeness (QED) is 0.329. The molecule has 3 aromatic carbocycles. The normalized spacial score (nSPS) is 17.1. The van der Waals surface area contributed by atoms with Crippen molar-refractivity contribution in [2.45, 2.75) is 25.1 Å². The van der Waals surface area contributed by atoms with Gasteiger partial charge in [0, 0.05) is 23.6 Å². The van der Waals surface area contributed by atoms with Gasteiger partial charge in [0.2, 0.25) is 0 Å². The van der Waals surface area contributed by atoms with E-state index in [2.05, 4.69) is 45.4 Å². The Labute approximate surface area is 188 Å². The topological polar surface area (TPSA) is 29.0 Å². The van der Waals surface area contributed by atoms with E-state index >= 15 is 4.39 Å². The van der Waals surface area contributed by atoms with Crippen molar-refractivity contribution >= 4 is 10.8 Å². The van der Waals surface area contributed by atoms with E-state index in [0.29, 0.717) is 12.1 Å². The number of fused-ring (bicyclic) bond motifs is 2. The number of benzene rings is 3. The van der Waals surface area contributed by atoms with Crippen LogP contribution < -0.4 is 0 Å². The predicted molar refractivity (Wildman–Crippen MR) is 119 cm³/mol. The van der Waals surface area contributed by atoms with Crippen LogP contribution in [0.4, 0.5) is 17.6 Å². The van der Waals surface area contributed by atoms with E-state index in [9.17, 15) is 13.2 Å². The molecule has 1 atom stereocenters. The Morgan fingerprint density at radius 2 is 1.70 bits per heavy atom. The van der Waals surface area contributed by atoms with Crippen molar-refractivity contribution in [1.29, 1.82) is 0 Å². The van der Waals surface area contributed by atoms with Crippen LogP contribution in [0.1, 0.15) is 34.7 Å². The molecule has 1 aromatic heterocycles. The summed E-state index contributed by atoms with van der Waals surface area (Å²) in [7, 11) is 1.94. The van der Waals surface area contributed by atoms with Crippen molar-refractivity contribution in [1.82, 2.24) is 15.1 Å². The number of halogens is 4. The number of hydrogen-bond donors (Lipinski definition) is 0. The van der Waals surface area contributed by atoms with Gasteiger partial charge in [0.05, 0.1) is 5.69 Å². The van der Waals surface area contributed by atoms with Crippen LogP contribution in [0.2, 0.25) is 0 Å². The Bertz CT molecular complexity index is 1320. The summed E-state index contributed by atoms with van der Waals surface area (Å²) in [6.07, 6.45) is -3.76. The number of rotatable bonds is 2. The van der Waals surface area contributed by atoms with Crippen LogP contribution in [0.5, 0.6) is 0 Å². The van der Waals surface area contributed by atoms with Gasteiger partial charge in [-0.15, -0.1) is 10.2 Å². The van der Waals surface area contributed by atoms with E-state index in [0.717, 1.165) is 40.9 Å². The molecule has 4 aromatic rings. The SMILES string of the molecule is CN1CCC(c2ccc3ccccc3c2)c2ccc(-c3ccc(C(F)(F)F)nn3)c(F)c2C1. The van der Waals surface area contributed by atoms with E-state index in [1.54, 1.807) is 6.07 Å². The van der Waals surface area contributed by atoms with Gasteiger partial charge in [0.1, 0.15) is 5.82 Å². The molecule has 1 aliphatic rings. The van der Waals surface area contributed by atoms with Crippen LogP contribution in [-0.4, -0.2) is 28.7 Å². The number of aromatic nitrogens is 2. The predicted octanol–water partition coefficient (Wildman–Crippen LogP) is 6.42. The Balaban J connectivity index is 1.59. The first kappa shape index (κ1) is 21.5. The monoisotopic (exact) mass is 451 g/mol. The lowest BCUT2D eigenvalue weighted by molar-refractivity contribution is -0.141. The first-order chi connectivity index (χ1) is 15.8. The molecule has 168 valence electrons. The first-order valence-corrected chi connectivity index (χ1v) is 10.7. The van der Waals surface area contributed by atoms with Gasteiger partial charge in [-0.05, 0) is 60.1 Å². The molecule has 0 amide bonds. The van der Waals surface area contributed by atoms with Crippen molar-refractivity contribution in [3.63, 3.8) is 0 Å². The fourth-order valence-corrected chi connectivity index (χ4v) is 4.57. The maximum Gasteiger partial charge on any atom is 0.435 e. The molecule has 0 bridgehead atoms. The summed E-state index contributed by atoms with van der Waals surface area (Å²) >= 11 is 0. The minimum atomic E-state index is -4.59. The van der Waals surface area contributed by atoms with Gasteiger partial charge in [-0.3, -0.25) is 0 Å². The molecule has 0 saturated heterocycles. The third-order valence-electron chi connectivity index (χ3n) is 6.29. The highest BCUT2D eigenvalue weighted by Crippen LogP contribution is 2.38. The largest absolute Gasteiger partial charge is 0.435 e.